The second kappa shape index (κ2) is 9.19. The Labute approximate surface area is 178 Å². The molecule has 0 bridgehead atoms. The van der Waals surface area contributed by atoms with Crippen molar-refractivity contribution in [3.8, 4) is 17.3 Å². The molecule has 0 amide bonds. The molecule has 0 aliphatic heterocycles. The Morgan fingerprint density at radius 1 is 0.968 bits per heavy atom. The summed E-state index contributed by atoms with van der Waals surface area (Å²) in [7, 11) is -3.41. The summed E-state index contributed by atoms with van der Waals surface area (Å²) in [6.07, 6.45) is 0.440. The van der Waals surface area contributed by atoms with Crippen molar-refractivity contribution < 1.29 is 17.5 Å². The highest BCUT2D eigenvalue weighted by molar-refractivity contribution is 7.89. The maximum Gasteiger partial charge on any atom is 0.231 e. The van der Waals surface area contributed by atoms with Crippen LogP contribution in [0.25, 0.3) is 17.0 Å². The molecule has 0 atom stereocenters. The normalized spacial score (nSPS) is 11.6. The first-order valence-electron chi connectivity index (χ1n) is 9.63. The van der Waals surface area contributed by atoms with E-state index >= 15 is 0 Å². The molecule has 0 fully saturated rings. The van der Waals surface area contributed by atoms with Crippen LogP contribution in [0.2, 0.25) is 0 Å². The lowest BCUT2D eigenvalue weighted by atomic mass is 10.2. The number of fused-ring (bicyclic) bond motifs is 1. The average Bonchev–Trinajstić information content (AvgIpc) is 3.20. The van der Waals surface area contributed by atoms with Gasteiger partial charge in [0.15, 0.2) is 11.5 Å². The van der Waals surface area contributed by atoms with E-state index in [1.165, 1.54) is 16.6 Å². The van der Waals surface area contributed by atoms with E-state index in [1.807, 2.05) is 30.3 Å². The van der Waals surface area contributed by atoms with E-state index in [1.54, 1.807) is 24.3 Å². The van der Waals surface area contributed by atoms with Gasteiger partial charge in [0.1, 0.15) is 12.4 Å². The van der Waals surface area contributed by atoms with Crippen molar-refractivity contribution in [2.75, 3.05) is 18.9 Å². The lowest BCUT2D eigenvalue weighted by Gasteiger charge is -2.08. The van der Waals surface area contributed by atoms with E-state index < -0.39 is 10.0 Å². The molecule has 0 aliphatic rings. The highest BCUT2D eigenvalue weighted by Crippen LogP contribution is 2.19. The van der Waals surface area contributed by atoms with Crippen molar-refractivity contribution in [2.45, 2.75) is 6.42 Å². The standard InChI is InChI=1S/C21H20FN5O3S/c22-18-8-6-17(7-9-18)21-25-24-19-10-11-20(26-27(19)21)30-14-13-23-31(28,29)15-12-16-4-2-1-3-5-16/h1-11,23H,12-15H2. The predicted octanol–water partition coefficient (Wildman–Crippen LogP) is 2.47. The number of rotatable bonds is 9. The number of nitrogens with one attached hydrogen (secondary N) is 1. The van der Waals surface area contributed by atoms with Gasteiger partial charge in [0.05, 0.1) is 5.75 Å². The Morgan fingerprint density at radius 2 is 1.74 bits per heavy atom. The number of aromatic nitrogens is 4. The van der Waals surface area contributed by atoms with Crippen molar-refractivity contribution in [3.63, 3.8) is 0 Å². The molecule has 2 aromatic carbocycles. The second-order valence-corrected chi connectivity index (χ2v) is 8.70. The summed E-state index contributed by atoms with van der Waals surface area (Å²) < 4.78 is 47.1. The van der Waals surface area contributed by atoms with Crippen LogP contribution in [0.3, 0.4) is 0 Å². The summed E-state index contributed by atoms with van der Waals surface area (Å²) in [6.45, 7) is 0.223. The molecule has 0 spiro atoms. The van der Waals surface area contributed by atoms with Crippen LogP contribution in [-0.2, 0) is 16.4 Å². The maximum atomic E-state index is 13.2. The molecule has 10 heteroatoms. The predicted molar refractivity (Wildman–Crippen MR) is 114 cm³/mol. The first-order chi connectivity index (χ1) is 15.0. The Bertz CT molecular complexity index is 1260. The molecule has 31 heavy (non-hydrogen) atoms. The Morgan fingerprint density at radius 3 is 2.52 bits per heavy atom. The molecule has 0 aliphatic carbocycles. The molecule has 1 N–H and O–H groups in total. The number of benzene rings is 2. The third kappa shape index (κ3) is 5.41. The summed E-state index contributed by atoms with van der Waals surface area (Å²) in [5.41, 5.74) is 2.13. The fourth-order valence-electron chi connectivity index (χ4n) is 2.95. The van der Waals surface area contributed by atoms with Crippen LogP contribution in [0.1, 0.15) is 5.56 Å². The summed E-state index contributed by atoms with van der Waals surface area (Å²) in [6, 6.07) is 18.6. The summed E-state index contributed by atoms with van der Waals surface area (Å²) >= 11 is 0. The third-order valence-electron chi connectivity index (χ3n) is 4.52. The van der Waals surface area contributed by atoms with Crippen LogP contribution < -0.4 is 9.46 Å². The quantitative estimate of drug-likeness (QED) is 0.401. The van der Waals surface area contributed by atoms with Crippen molar-refractivity contribution >= 4 is 15.7 Å². The summed E-state index contributed by atoms with van der Waals surface area (Å²) in [5.74, 6) is 0.394. The van der Waals surface area contributed by atoms with Gasteiger partial charge in [-0.15, -0.1) is 15.3 Å². The van der Waals surface area contributed by atoms with Gasteiger partial charge in [-0.1, -0.05) is 30.3 Å². The molecular weight excluding hydrogens is 421 g/mol. The number of ether oxygens (including phenoxy) is 1. The van der Waals surface area contributed by atoms with Crippen molar-refractivity contribution in [1.29, 1.82) is 0 Å². The summed E-state index contributed by atoms with van der Waals surface area (Å²) in [4.78, 5) is 0. The zero-order chi connectivity index (χ0) is 21.7. The minimum absolute atomic E-state index is 0.00294. The van der Waals surface area contributed by atoms with Crippen LogP contribution >= 0.6 is 0 Å². The number of aryl methyl sites for hydroxylation is 1. The number of hydrogen-bond acceptors (Lipinski definition) is 6. The molecule has 0 saturated heterocycles. The van der Waals surface area contributed by atoms with Gasteiger partial charge >= 0.3 is 0 Å². The largest absolute Gasteiger partial charge is 0.475 e. The van der Waals surface area contributed by atoms with Crippen LogP contribution in [0.4, 0.5) is 4.39 Å². The molecule has 2 heterocycles. The highest BCUT2D eigenvalue weighted by Gasteiger charge is 2.12. The number of halogens is 1. The second-order valence-electron chi connectivity index (χ2n) is 6.77. The topological polar surface area (TPSA) is 98.5 Å². The minimum Gasteiger partial charge on any atom is -0.475 e. The van der Waals surface area contributed by atoms with Crippen LogP contribution in [0.15, 0.2) is 66.7 Å². The van der Waals surface area contributed by atoms with E-state index in [0.29, 0.717) is 29.3 Å². The monoisotopic (exact) mass is 441 g/mol. The van der Waals surface area contributed by atoms with Crippen molar-refractivity contribution in [1.82, 2.24) is 24.5 Å². The molecule has 0 unspecified atom stereocenters. The zero-order valence-corrected chi connectivity index (χ0v) is 17.3. The Balaban J connectivity index is 1.34. The Kier molecular flexibility index (Phi) is 6.19. The van der Waals surface area contributed by atoms with Gasteiger partial charge < -0.3 is 4.74 Å². The van der Waals surface area contributed by atoms with Gasteiger partial charge in [-0.2, -0.15) is 4.52 Å². The van der Waals surface area contributed by atoms with Gasteiger partial charge in [-0.25, -0.2) is 17.5 Å². The first kappa shape index (κ1) is 20.9. The fraction of sp³-hybridized carbons (Fsp3) is 0.190. The van der Waals surface area contributed by atoms with Gasteiger partial charge in [0.25, 0.3) is 0 Å². The molecule has 4 aromatic rings. The molecule has 2 aromatic heterocycles. The van der Waals surface area contributed by atoms with Gasteiger partial charge in [-0.3, -0.25) is 0 Å². The first-order valence-corrected chi connectivity index (χ1v) is 11.3. The zero-order valence-electron chi connectivity index (χ0n) is 16.5. The van der Waals surface area contributed by atoms with Gasteiger partial charge in [0.2, 0.25) is 15.9 Å². The van der Waals surface area contributed by atoms with Crippen LogP contribution in [0, 0.1) is 5.82 Å². The molecule has 160 valence electrons. The Hall–Kier alpha value is -3.37. The van der Waals surface area contributed by atoms with Crippen LogP contribution in [-0.4, -0.2) is 47.1 Å². The molecule has 0 radical (unpaired) electrons. The van der Waals surface area contributed by atoms with E-state index in [9.17, 15) is 12.8 Å². The number of sulfonamides is 1. The van der Waals surface area contributed by atoms with E-state index in [2.05, 4.69) is 20.0 Å². The fourth-order valence-corrected chi connectivity index (χ4v) is 3.99. The molecule has 4 rings (SSSR count). The van der Waals surface area contributed by atoms with Gasteiger partial charge in [0, 0.05) is 18.2 Å². The average molecular weight is 441 g/mol. The lowest BCUT2D eigenvalue weighted by molar-refractivity contribution is 0.306. The van der Waals surface area contributed by atoms with E-state index in [0.717, 1.165) is 5.56 Å². The minimum atomic E-state index is -3.41. The van der Waals surface area contributed by atoms with Gasteiger partial charge in [-0.05, 0) is 42.3 Å². The lowest BCUT2D eigenvalue weighted by Crippen LogP contribution is -2.31. The SMILES string of the molecule is O=S(=O)(CCc1ccccc1)NCCOc1ccc2nnc(-c3ccc(F)cc3)n2n1. The summed E-state index contributed by atoms with van der Waals surface area (Å²) in [5, 5.41) is 12.5. The third-order valence-corrected chi connectivity index (χ3v) is 5.90. The number of hydrogen-bond donors (Lipinski definition) is 1. The van der Waals surface area contributed by atoms with Crippen molar-refractivity contribution in [3.05, 3.63) is 78.1 Å². The van der Waals surface area contributed by atoms with E-state index in [-0.39, 0.29) is 24.7 Å². The molecule has 8 nitrogen and oxygen atoms in total. The number of nitrogens with zero attached hydrogens (tertiary/aromatic N) is 4. The highest BCUT2D eigenvalue weighted by atomic mass is 32.2. The molecule has 0 saturated carbocycles. The van der Waals surface area contributed by atoms with Crippen molar-refractivity contribution in [2.24, 2.45) is 0 Å². The van der Waals surface area contributed by atoms with E-state index in [4.69, 9.17) is 4.74 Å². The van der Waals surface area contributed by atoms with Crippen LogP contribution in [0.5, 0.6) is 5.88 Å². The maximum absolute atomic E-state index is 13.2. The smallest absolute Gasteiger partial charge is 0.231 e. The molecular formula is C21H20FN5O3S.